The van der Waals surface area contributed by atoms with Gasteiger partial charge in [-0.15, -0.1) is 10.2 Å². The average Bonchev–Trinajstić information content (AvgIpc) is 2.98. The third-order valence-electron chi connectivity index (χ3n) is 3.99. The number of hydrogen-bond acceptors (Lipinski definition) is 4. The highest BCUT2D eigenvalue weighted by Crippen LogP contribution is 2.12. The second-order valence-electron chi connectivity index (χ2n) is 6.05. The van der Waals surface area contributed by atoms with Crippen LogP contribution in [0.1, 0.15) is 35.6 Å². The van der Waals surface area contributed by atoms with E-state index in [-0.39, 0.29) is 5.91 Å². The van der Waals surface area contributed by atoms with E-state index >= 15 is 0 Å². The van der Waals surface area contributed by atoms with Crippen molar-refractivity contribution >= 4 is 23.3 Å². The van der Waals surface area contributed by atoms with Gasteiger partial charge in [0.1, 0.15) is 0 Å². The monoisotopic (exact) mass is 357 g/mol. The maximum atomic E-state index is 12.1. The Morgan fingerprint density at radius 1 is 1.20 bits per heavy atom. The second-order valence-corrected chi connectivity index (χ2v) is 6.48. The zero-order valence-corrected chi connectivity index (χ0v) is 15.0. The predicted octanol–water partition coefficient (Wildman–Crippen LogP) is 3.03. The molecule has 0 unspecified atom stereocenters. The Kier molecular flexibility index (Phi) is 5.28. The molecule has 0 atom stereocenters. The Hall–Kier alpha value is -2.47. The van der Waals surface area contributed by atoms with E-state index in [0.717, 1.165) is 29.3 Å². The summed E-state index contributed by atoms with van der Waals surface area (Å²) in [4.78, 5) is 16.4. The van der Waals surface area contributed by atoms with E-state index in [2.05, 4.69) is 20.5 Å². The number of aromatic nitrogens is 4. The number of benzene rings is 1. The number of hydrogen-bond donors (Lipinski definition) is 1. The summed E-state index contributed by atoms with van der Waals surface area (Å²) in [6.45, 7) is 4.23. The highest BCUT2D eigenvalue weighted by atomic mass is 35.5. The van der Waals surface area contributed by atoms with E-state index in [1.54, 1.807) is 0 Å². The molecule has 1 amide bonds. The number of amides is 1. The molecule has 0 fully saturated rings. The van der Waals surface area contributed by atoms with Gasteiger partial charge in [-0.05, 0) is 50.5 Å². The van der Waals surface area contributed by atoms with Crippen LogP contribution < -0.4 is 5.32 Å². The molecule has 0 spiro atoms. The normalized spacial score (nSPS) is 11.0. The van der Waals surface area contributed by atoms with Crippen LogP contribution >= 0.6 is 11.6 Å². The van der Waals surface area contributed by atoms with Gasteiger partial charge in [0.05, 0.1) is 6.54 Å². The Bertz CT molecular complexity index is 888. The first kappa shape index (κ1) is 17.4. The molecule has 1 aromatic carbocycles. The molecule has 0 aliphatic rings. The second kappa shape index (κ2) is 7.61. The van der Waals surface area contributed by atoms with Crippen molar-refractivity contribution in [2.75, 3.05) is 0 Å². The fourth-order valence-corrected chi connectivity index (χ4v) is 2.91. The summed E-state index contributed by atoms with van der Waals surface area (Å²) in [5.74, 6) is 1.25. The van der Waals surface area contributed by atoms with Gasteiger partial charge in [-0.25, -0.2) is 4.98 Å². The van der Waals surface area contributed by atoms with Crippen molar-refractivity contribution in [1.82, 2.24) is 24.9 Å². The van der Waals surface area contributed by atoms with E-state index < -0.39 is 0 Å². The molecule has 3 rings (SSSR count). The van der Waals surface area contributed by atoms with Gasteiger partial charge in [0.15, 0.2) is 5.82 Å². The molecule has 6 nitrogen and oxygen atoms in total. The molecule has 0 radical (unpaired) electrons. The summed E-state index contributed by atoms with van der Waals surface area (Å²) in [5, 5.41) is 11.8. The van der Waals surface area contributed by atoms with Crippen molar-refractivity contribution in [1.29, 1.82) is 0 Å². The lowest BCUT2D eigenvalue weighted by Gasteiger charge is -2.06. The van der Waals surface area contributed by atoms with Crippen molar-refractivity contribution in [3.05, 3.63) is 58.1 Å². The largest absolute Gasteiger partial charge is 0.349 e. The number of nitrogens with zero attached hydrogens (tertiary/aromatic N) is 4. The molecule has 3 aromatic rings. The summed E-state index contributed by atoms with van der Waals surface area (Å²) < 4.78 is 1.86. The molecule has 2 heterocycles. The Balaban J connectivity index is 1.51. The van der Waals surface area contributed by atoms with Crippen LogP contribution in [0.3, 0.4) is 0 Å². The van der Waals surface area contributed by atoms with Crippen LogP contribution in [0.15, 0.2) is 30.3 Å². The van der Waals surface area contributed by atoms with Crippen molar-refractivity contribution < 1.29 is 4.79 Å². The standard InChI is InChI=1S/C18H20ClN5O/c1-12-10-13(2)24-16(22-23-18(24)21-12)11-20-17(25)5-3-4-14-6-8-15(19)9-7-14/h6-10H,3-5,11H2,1-2H3,(H,20,25). The minimum atomic E-state index is 0.00318. The minimum Gasteiger partial charge on any atom is -0.349 e. The predicted molar refractivity (Wildman–Crippen MR) is 96.5 cm³/mol. The molecule has 0 saturated carbocycles. The summed E-state index contributed by atoms with van der Waals surface area (Å²) in [5.41, 5.74) is 3.08. The van der Waals surface area contributed by atoms with Crippen LogP contribution in [0.2, 0.25) is 5.02 Å². The number of carbonyl (C=O) groups excluding carboxylic acids is 1. The molecular formula is C18H20ClN5O. The van der Waals surface area contributed by atoms with Crippen LogP contribution in [0, 0.1) is 13.8 Å². The SMILES string of the molecule is Cc1cc(C)n2c(CNC(=O)CCCc3ccc(Cl)cc3)nnc2n1. The first-order valence-electron chi connectivity index (χ1n) is 8.22. The summed E-state index contributed by atoms with van der Waals surface area (Å²) in [6, 6.07) is 9.67. The maximum absolute atomic E-state index is 12.1. The van der Waals surface area contributed by atoms with Gasteiger partial charge < -0.3 is 5.32 Å². The fourth-order valence-electron chi connectivity index (χ4n) is 2.78. The number of fused-ring (bicyclic) bond motifs is 1. The Morgan fingerprint density at radius 3 is 2.72 bits per heavy atom. The molecule has 7 heteroatoms. The number of halogens is 1. The molecule has 1 N–H and O–H groups in total. The van der Waals surface area contributed by atoms with Gasteiger partial charge >= 0.3 is 0 Å². The first-order chi connectivity index (χ1) is 12.0. The first-order valence-corrected chi connectivity index (χ1v) is 8.60. The van der Waals surface area contributed by atoms with E-state index in [9.17, 15) is 4.79 Å². The molecule has 0 aliphatic carbocycles. The van der Waals surface area contributed by atoms with Crippen LogP contribution in [0.4, 0.5) is 0 Å². The van der Waals surface area contributed by atoms with Gasteiger partial charge in [0.2, 0.25) is 5.91 Å². The highest BCUT2D eigenvalue weighted by molar-refractivity contribution is 6.30. The zero-order valence-electron chi connectivity index (χ0n) is 14.3. The average molecular weight is 358 g/mol. The number of carbonyl (C=O) groups is 1. The Morgan fingerprint density at radius 2 is 1.96 bits per heavy atom. The van der Waals surface area contributed by atoms with Crippen LogP contribution in [0.5, 0.6) is 0 Å². The summed E-state index contributed by atoms with van der Waals surface area (Å²) >= 11 is 5.87. The van der Waals surface area contributed by atoms with Gasteiger partial charge in [-0.3, -0.25) is 9.20 Å². The van der Waals surface area contributed by atoms with E-state index in [1.807, 2.05) is 48.6 Å². The molecule has 0 saturated heterocycles. The Labute approximate surface area is 151 Å². The number of rotatable bonds is 6. The lowest BCUT2D eigenvalue weighted by atomic mass is 10.1. The summed E-state index contributed by atoms with van der Waals surface area (Å²) in [7, 11) is 0. The highest BCUT2D eigenvalue weighted by Gasteiger charge is 2.10. The van der Waals surface area contributed by atoms with Crippen molar-refractivity contribution in [3.8, 4) is 0 Å². The third-order valence-corrected chi connectivity index (χ3v) is 4.24. The van der Waals surface area contributed by atoms with Crippen LogP contribution in [0.25, 0.3) is 5.78 Å². The number of nitrogens with one attached hydrogen (secondary N) is 1. The smallest absolute Gasteiger partial charge is 0.255 e. The van der Waals surface area contributed by atoms with Crippen molar-refractivity contribution in [2.45, 2.75) is 39.7 Å². The fraction of sp³-hybridized carbons (Fsp3) is 0.333. The minimum absolute atomic E-state index is 0.00318. The molecular weight excluding hydrogens is 338 g/mol. The van der Waals surface area contributed by atoms with Gasteiger partial charge in [-0.1, -0.05) is 23.7 Å². The molecule has 0 bridgehead atoms. The van der Waals surface area contributed by atoms with Gasteiger partial charge in [-0.2, -0.15) is 0 Å². The quantitative estimate of drug-likeness (QED) is 0.736. The van der Waals surface area contributed by atoms with Crippen LogP contribution in [-0.4, -0.2) is 25.5 Å². The third kappa shape index (κ3) is 4.33. The lowest BCUT2D eigenvalue weighted by Crippen LogP contribution is -2.24. The molecule has 0 aliphatic heterocycles. The molecule has 2 aromatic heterocycles. The van der Waals surface area contributed by atoms with Crippen LogP contribution in [-0.2, 0) is 17.8 Å². The van der Waals surface area contributed by atoms with E-state index in [4.69, 9.17) is 11.6 Å². The summed E-state index contributed by atoms with van der Waals surface area (Å²) in [6.07, 6.45) is 2.10. The van der Waals surface area contributed by atoms with Gasteiger partial charge in [0, 0.05) is 22.8 Å². The topological polar surface area (TPSA) is 72.2 Å². The zero-order chi connectivity index (χ0) is 17.8. The van der Waals surface area contributed by atoms with E-state index in [1.165, 1.54) is 5.56 Å². The van der Waals surface area contributed by atoms with Crippen molar-refractivity contribution in [2.24, 2.45) is 0 Å². The molecule has 25 heavy (non-hydrogen) atoms. The van der Waals surface area contributed by atoms with Crippen molar-refractivity contribution in [3.63, 3.8) is 0 Å². The number of aryl methyl sites for hydroxylation is 3. The molecule has 130 valence electrons. The van der Waals surface area contributed by atoms with Gasteiger partial charge in [0.25, 0.3) is 5.78 Å². The lowest BCUT2D eigenvalue weighted by molar-refractivity contribution is -0.121. The van der Waals surface area contributed by atoms with E-state index in [0.29, 0.717) is 24.6 Å². The maximum Gasteiger partial charge on any atom is 0.255 e.